The van der Waals surface area contributed by atoms with Crippen molar-refractivity contribution in [1.82, 2.24) is 0 Å². The average molecular weight is 192 g/mol. The predicted octanol–water partition coefficient (Wildman–Crippen LogP) is 3.79. The van der Waals surface area contributed by atoms with E-state index in [1.807, 2.05) is 0 Å². The van der Waals surface area contributed by atoms with Crippen molar-refractivity contribution in [3.8, 4) is 5.75 Å². The summed E-state index contributed by atoms with van der Waals surface area (Å²) in [6.07, 6.45) is 1.35. The van der Waals surface area contributed by atoms with Gasteiger partial charge < -0.3 is 4.74 Å². The van der Waals surface area contributed by atoms with Crippen molar-refractivity contribution >= 4 is 0 Å². The zero-order chi connectivity index (χ0) is 10.7. The molecule has 0 radical (unpaired) electrons. The van der Waals surface area contributed by atoms with Gasteiger partial charge in [0.15, 0.2) is 0 Å². The summed E-state index contributed by atoms with van der Waals surface area (Å²) in [6, 6.07) is 4.32. The zero-order valence-corrected chi connectivity index (χ0v) is 9.85. The summed E-state index contributed by atoms with van der Waals surface area (Å²) in [5.74, 6) is 1.03. The Kier molecular flexibility index (Phi) is 3.56. The molecule has 0 heterocycles. The van der Waals surface area contributed by atoms with Gasteiger partial charge in [-0.2, -0.15) is 0 Å². The van der Waals surface area contributed by atoms with Gasteiger partial charge >= 0.3 is 0 Å². The maximum absolute atomic E-state index is 5.83. The summed E-state index contributed by atoms with van der Waals surface area (Å²) in [4.78, 5) is 0. The van der Waals surface area contributed by atoms with Crippen LogP contribution in [0.25, 0.3) is 0 Å². The molecule has 0 aliphatic carbocycles. The van der Waals surface area contributed by atoms with Crippen molar-refractivity contribution < 1.29 is 4.74 Å². The average Bonchev–Trinajstić information content (AvgIpc) is 2.14. The van der Waals surface area contributed by atoms with Crippen LogP contribution in [0, 0.1) is 20.8 Å². The van der Waals surface area contributed by atoms with Gasteiger partial charge in [0.2, 0.25) is 0 Å². The molecule has 0 bridgehead atoms. The van der Waals surface area contributed by atoms with E-state index in [0.717, 1.165) is 12.2 Å². The quantitative estimate of drug-likeness (QED) is 0.708. The van der Waals surface area contributed by atoms with Crippen molar-refractivity contribution in [1.29, 1.82) is 0 Å². The molecule has 1 aromatic rings. The minimum atomic E-state index is 0.302. The predicted molar refractivity (Wildman–Crippen MR) is 61.0 cm³/mol. The molecule has 78 valence electrons. The highest BCUT2D eigenvalue weighted by Gasteiger charge is 2.05. The molecule has 14 heavy (non-hydrogen) atoms. The van der Waals surface area contributed by atoms with Crippen LogP contribution in [-0.4, -0.2) is 6.10 Å². The number of hydrogen-bond acceptors (Lipinski definition) is 1. The Balaban J connectivity index is 2.92. The highest BCUT2D eigenvalue weighted by Crippen LogP contribution is 2.23. The summed E-state index contributed by atoms with van der Waals surface area (Å²) >= 11 is 0. The van der Waals surface area contributed by atoms with E-state index in [4.69, 9.17) is 4.74 Å². The second kappa shape index (κ2) is 4.50. The fourth-order valence-electron chi connectivity index (χ4n) is 1.36. The molecule has 0 saturated heterocycles. The van der Waals surface area contributed by atoms with Crippen LogP contribution >= 0.6 is 0 Å². The Morgan fingerprint density at radius 1 is 1.07 bits per heavy atom. The van der Waals surface area contributed by atoms with E-state index in [2.05, 4.69) is 46.8 Å². The Morgan fingerprint density at radius 3 is 2.21 bits per heavy atom. The van der Waals surface area contributed by atoms with Gasteiger partial charge in [0.1, 0.15) is 5.75 Å². The van der Waals surface area contributed by atoms with Gasteiger partial charge in [-0.3, -0.25) is 0 Å². The number of aryl methyl sites for hydroxylation is 3. The molecule has 1 atom stereocenters. The summed E-state index contributed by atoms with van der Waals surface area (Å²) in [6.45, 7) is 10.6. The summed E-state index contributed by atoms with van der Waals surface area (Å²) in [7, 11) is 0. The van der Waals surface area contributed by atoms with Crippen LogP contribution in [0.3, 0.4) is 0 Å². The van der Waals surface area contributed by atoms with Crippen LogP contribution in [0.4, 0.5) is 0 Å². The van der Waals surface area contributed by atoms with Gasteiger partial charge in [0.25, 0.3) is 0 Å². The molecule has 0 aliphatic rings. The molecule has 0 aromatic heterocycles. The maximum atomic E-state index is 5.83. The molecular formula is C13H20O. The van der Waals surface area contributed by atoms with E-state index in [1.54, 1.807) is 0 Å². The minimum Gasteiger partial charge on any atom is -0.490 e. The van der Waals surface area contributed by atoms with Crippen molar-refractivity contribution in [3.63, 3.8) is 0 Å². The van der Waals surface area contributed by atoms with E-state index < -0.39 is 0 Å². The Morgan fingerprint density at radius 2 is 1.64 bits per heavy atom. The topological polar surface area (TPSA) is 9.23 Å². The van der Waals surface area contributed by atoms with Crippen LogP contribution < -0.4 is 4.74 Å². The molecule has 0 saturated carbocycles. The van der Waals surface area contributed by atoms with Gasteiger partial charge in [0.05, 0.1) is 6.10 Å². The van der Waals surface area contributed by atoms with Crippen LogP contribution in [0.15, 0.2) is 12.1 Å². The second-order valence-corrected chi connectivity index (χ2v) is 4.04. The van der Waals surface area contributed by atoms with E-state index in [1.165, 1.54) is 16.7 Å². The SMILES string of the molecule is CCC(C)Oc1cc(C)c(C)cc1C. The first-order valence-corrected chi connectivity index (χ1v) is 5.29. The molecule has 0 aliphatic heterocycles. The van der Waals surface area contributed by atoms with Crippen molar-refractivity contribution in [2.45, 2.75) is 47.1 Å². The maximum Gasteiger partial charge on any atom is 0.122 e. The summed E-state index contributed by atoms with van der Waals surface area (Å²) in [5, 5.41) is 0. The molecule has 1 rings (SSSR count). The number of benzene rings is 1. The first kappa shape index (κ1) is 11.1. The first-order chi connectivity index (χ1) is 6.54. The van der Waals surface area contributed by atoms with E-state index in [-0.39, 0.29) is 0 Å². The third kappa shape index (κ3) is 2.50. The van der Waals surface area contributed by atoms with Gasteiger partial charge in [-0.15, -0.1) is 0 Å². The zero-order valence-electron chi connectivity index (χ0n) is 9.85. The third-order valence-corrected chi connectivity index (χ3v) is 2.69. The van der Waals surface area contributed by atoms with E-state index >= 15 is 0 Å². The molecule has 0 N–H and O–H groups in total. The van der Waals surface area contributed by atoms with Crippen molar-refractivity contribution in [3.05, 3.63) is 28.8 Å². The lowest BCUT2D eigenvalue weighted by Gasteiger charge is -2.16. The van der Waals surface area contributed by atoms with E-state index in [9.17, 15) is 0 Å². The molecule has 0 spiro atoms. The van der Waals surface area contributed by atoms with Crippen molar-refractivity contribution in [2.75, 3.05) is 0 Å². The van der Waals surface area contributed by atoms with Crippen LogP contribution in [0.5, 0.6) is 5.75 Å². The minimum absolute atomic E-state index is 0.302. The lowest BCUT2D eigenvalue weighted by atomic mass is 10.1. The van der Waals surface area contributed by atoms with Gasteiger partial charge in [-0.05, 0) is 56.9 Å². The largest absolute Gasteiger partial charge is 0.490 e. The molecular weight excluding hydrogens is 172 g/mol. The molecule has 1 heteroatoms. The normalized spacial score (nSPS) is 12.6. The second-order valence-electron chi connectivity index (χ2n) is 4.04. The fraction of sp³-hybridized carbons (Fsp3) is 0.538. The summed E-state index contributed by atoms with van der Waals surface area (Å²) < 4.78 is 5.83. The molecule has 0 amide bonds. The smallest absolute Gasteiger partial charge is 0.122 e. The van der Waals surface area contributed by atoms with Gasteiger partial charge in [0, 0.05) is 0 Å². The Hall–Kier alpha value is -0.980. The molecule has 1 unspecified atom stereocenters. The van der Waals surface area contributed by atoms with E-state index in [0.29, 0.717) is 6.10 Å². The summed E-state index contributed by atoms with van der Waals surface area (Å²) in [5.41, 5.74) is 3.86. The van der Waals surface area contributed by atoms with Crippen LogP contribution in [0.1, 0.15) is 37.0 Å². The Labute approximate surface area is 87.1 Å². The standard InChI is InChI=1S/C13H20O/c1-6-12(5)14-13-8-10(3)9(2)7-11(13)4/h7-8,12H,6H2,1-5H3. The van der Waals surface area contributed by atoms with Gasteiger partial charge in [-0.25, -0.2) is 0 Å². The number of rotatable bonds is 3. The monoisotopic (exact) mass is 192 g/mol. The Bertz CT molecular complexity index is 315. The first-order valence-electron chi connectivity index (χ1n) is 5.29. The van der Waals surface area contributed by atoms with Crippen LogP contribution in [-0.2, 0) is 0 Å². The lowest BCUT2D eigenvalue weighted by molar-refractivity contribution is 0.216. The lowest BCUT2D eigenvalue weighted by Crippen LogP contribution is -2.10. The highest BCUT2D eigenvalue weighted by molar-refractivity contribution is 5.40. The van der Waals surface area contributed by atoms with Crippen molar-refractivity contribution in [2.24, 2.45) is 0 Å². The molecule has 0 fully saturated rings. The van der Waals surface area contributed by atoms with Crippen LogP contribution in [0.2, 0.25) is 0 Å². The number of ether oxygens (including phenoxy) is 1. The molecule has 1 nitrogen and oxygen atoms in total. The fourth-order valence-corrected chi connectivity index (χ4v) is 1.36. The third-order valence-electron chi connectivity index (χ3n) is 2.69. The van der Waals surface area contributed by atoms with Gasteiger partial charge in [-0.1, -0.05) is 13.0 Å². The number of hydrogen-bond donors (Lipinski definition) is 0. The molecule has 1 aromatic carbocycles. The highest BCUT2D eigenvalue weighted by atomic mass is 16.5.